The van der Waals surface area contributed by atoms with Gasteiger partial charge in [0, 0.05) is 0 Å². The van der Waals surface area contributed by atoms with Gasteiger partial charge >= 0.3 is 79.1 Å². The summed E-state index contributed by atoms with van der Waals surface area (Å²) in [6.45, 7) is 2.98. The standard InChI is InChI=1S/C23H47NOS.4ClH.Na.Ti.H/c1-2-3-4-5-6-7-8-9-10-11-12-13-14-15-16-17-18-19-20-21-22-25-23(24)26;;;;;;;/h2-22H2,1H3,(H2,24,26);4*1H;;;/q;;;;;;+4;/p-4. The molecule has 0 bridgehead atoms. The maximum absolute atomic E-state index is 5.29. The molecule has 0 spiro atoms. The van der Waals surface area contributed by atoms with Gasteiger partial charge in [0.15, 0.2) is 0 Å². The summed E-state index contributed by atoms with van der Waals surface area (Å²) in [5, 5.41) is 0.183. The molecule has 0 aliphatic carbocycles. The van der Waals surface area contributed by atoms with Crippen LogP contribution in [-0.4, -0.2) is 41.3 Å². The van der Waals surface area contributed by atoms with Crippen LogP contribution in [0.5, 0.6) is 0 Å². The first-order valence-electron chi connectivity index (χ1n) is 12.4. The van der Waals surface area contributed by atoms with Gasteiger partial charge in [0.05, 0.1) is 6.61 Å². The quantitative estimate of drug-likeness (QED) is 0.0810. The molecule has 2 N–H and O–H groups in total. The van der Waals surface area contributed by atoms with E-state index in [0.29, 0.717) is 6.61 Å². The van der Waals surface area contributed by atoms with Crippen LogP contribution in [0.15, 0.2) is 0 Å². The van der Waals surface area contributed by atoms with E-state index >= 15 is 0 Å². The molecule has 0 fully saturated rings. The van der Waals surface area contributed by atoms with Crippen molar-refractivity contribution in [3.63, 3.8) is 0 Å². The van der Waals surface area contributed by atoms with Crippen LogP contribution in [0.25, 0.3) is 0 Å². The fourth-order valence-corrected chi connectivity index (χ4v) is 3.61. The van der Waals surface area contributed by atoms with Gasteiger partial charge in [-0.15, -0.1) is 0 Å². The van der Waals surface area contributed by atoms with Crippen molar-refractivity contribution < 1.29 is 17.1 Å². The van der Waals surface area contributed by atoms with Crippen LogP contribution in [0.2, 0.25) is 0 Å². The SMILES string of the molecule is CCCCCCCCCCCCCCCCCCCCCCOC(N)=S.[Cl][Ti]([Cl])([Cl])[Cl].[NaH]. The Kier molecular flexibility index (Phi) is 38.6. The zero-order chi connectivity index (χ0) is 23.6. The van der Waals surface area contributed by atoms with Gasteiger partial charge in [0.25, 0.3) is 5.17 Å². The molecule has 0 radical (unpaired) electrons. The van der Waals surface area contributed by atoms with E-state index in [9.17, 15) is 0 Å². The molecule has 190 valence electrons. The molecule has 0 saturated heterocycles. The molecule has 0 atom stereocenters. The predicted molar refractivity (Wildman–Crippen MR) is 151 cm³/mol. The van der Waals surface area contributed by atoms with E-state index < -0.39 is 12.3 Å². The second kappa shape index (κ2) is 31.6. The molecule has 0 aliphatic rings. The minimum absolute atomic E-state index is 0. The van der Waals surface area contributed by atoms with Crippen molar-refractivity contribution in [1.82, 2.24) is 0 Å². The van der Waals surface area contributed by atoms with Crippen molar-refractivity contribution in [2.45, 2.75) is 135 Å². The van der Waals surface area contributed by atoms with Gasteiger partial charge in [-0.2, -0.15) is 0 Å². The third-order valence-electron chi connectivity index (χ3n) is 5.24. The molecule has 0 heterocycles. The van der Waals surface area contributed by atoms with Gasteiger partial charge < -0.3 is 10.5 Å². The van der Waals surface area contributed by atoms with Gasteiger partial charge in [0.2, 0.25) is 0 Å². The molecule has 0 rings (SSSR count). The predicted octanol–water partition coefficient (Wildman–Crippen LogP) is 10.2. The van der Waals surface area contributed by atoms with E-state index in [4.69, 9.17) is 47.7 Å². The molecule has 0 saturated carbocycles. The van der Waals surface area contributed by atoms with Crippen LogP contribution >= 0.6 is 49.4 Å². The summed E-state index contributed by atoms with van der Waals surface area (Å²) in [5.41, 5.74) is 5.29. The number of thiocarbonyl (C=S) groups is 1. The summed E-state index contributed by atoms with van der Waals surface area (Å²) in [4.78, 5) is 0. The van der Waals surface area contributed by atoms with Crippen molar-refractivity contribution in [1.29, 1.82) is 0 Å². The van der Waals surface area contributed by atoms with E-state index in [2.05, 4.69) is 19.1 Å². The average Bonchev–Trinajstić information content (AvgIpc) is 2.67. The Labute approximate surface area is 246 Å². The molecular formula is C23H48Cl4NNaOSTi. The third kappa shape index (κ3) is 49.6. The summed E-state index contributed by atoms with van der Waals surface area (Å²) >= 11 is 1.57. The first-order valence-corrected chi connectivity index (χ1v) is 21.5. The fourth-order valence-electron chi connectivity index (χ4n) is 3.53. The molecule has 9 heteroatoms. The zero-order valence-electron chi connectivity index (χ0n) is 19.8. The van der Waals surface area contributed by atoms with E-state index in [1.54, 1.807) is 0 Å². The number of hydrogen-bond donors (Lipinski definition) is 1. The van der Waals surface area contributed by atoms with Crippen LogP contribution in [-0.2, 0) is 17.1 Å². The molecule has 32 heavy (non-hydrogen) atoms. The van der Waals surface area contributed by atoms with Crippen molar-refractivity contribution >= 4 is 84.2 Å². The molecular weight excluding hydrogens is 551 g/mol. The van der Waals surface area contributed by atoms with Crippen LogP contribution < -0.4 is 5.73 Å². The molecule has 0 aliphatic heterocycles. The van der Waals surface area contributed by atoms with Crippen molar-refractivity contribution in [3.05, 3.63) is 0 Å². The van der Waals surface area contributed by atoms with Gasteiger partial charge in [-0.05, 0) is 18.6 Å². The normalized spacial score (nSPS) is 10.8. The van der Waals surface area contributed by atoms with Crippen LogP contribution in [0.4, 0.5) is 0 Å². The number of halogens is 4. The zero-order valence-corrected chi connectivity index (χ0v) is 25.2. The number of unbranched alkanes of at least 4 members (excludes halogenated alkanes) is 19. The monoisotopic (exact) mass is 597 g/mol. The third-order valence-corrected chi connectivity index (χ3v) is 5.36. The Bertz CT molecular complexity index is 374. The topological polar surface area (TPSA) is 35.2 Å². The maximum atomic E-state index is 5.29. The van der Waals surface area contributed by atoms with Gasteiger partial charge in [-0.3, -0.25) is 0 Å². The Morgan fingerprint density at radius 3 is 1.03 bits per heavy atom. The fraction of sp³-hybridized carbons (Fsp3) is 0.957. The second-order valence-electron chi connectivity index (χ2n) is 8.31. The number of rotatable bonds is 21. The van der Waals surface area contributed by atoms with Gasteiger partial charge in [-0.1, -0.05) is 129 Å². The van der Waals surface area contributed by atoms with Gasteiger partial charge in [-0.25, -0.2) is 0 Å². The Morgan fingerprint density at radius 2 is 0.812 bits per heavy atom. The summed E-state index contributed by atoms with van der Waals surface area (Å²) in [6.07, 6.45) is 28.1. The first-order chi connectivity index (χ1) is 14.8. The van der Waals surface area contributed by atoms with Gasteiger partial charge in [0.1, 0.15) is 0 Å². The van der Waals surface area contributed by atoms with E-state index in [1.807, 2.05) is 0 Å². The molecule has 2 nitrogen and oxygen atoms in total. The number of nitrogens with two attached hydrogens (primary N) is 1. The van der Waals surface area contributed by atoms with E-state index in [1.165, 1.54) is 122 Å². The Morgan fingerprint density at radius 1 is 0.594 bits per heavy atom. The molecule has 0 unspecified atom stereocenters. The summed E-state index contributed by atoms with van der Waals surface area (Å²) in [6, 6.07) is 0. The van der Waals surface area contributed by atoms with E-state index in [-0.39, 0.29) is 34.7 Å². The average molecular weight is 599 g/mol. The Balaban J connectivity index is -0.00000125. The molecule has 0 aromatic rings. The summed E-state index contributed by atoms with van der Waals surface area (Å²) in [7, 11) is 20.1. The molecule has 0 aromatic heterocycles. The van der Waals surface area contributed by atoms with Crippen LogP contribution in [0.3, 0.4) is 0 Å². The molecule has 0 aromatic carbocycles. The minimum atomic E-state index is -3.11. The van der Waals surface area contributed by atoms with Crippen molar-refractivity contribution in [2.24, 2.45) is 5.73 Å². The van der Waals surface area contributed by atoms with Crippen molar-refractivity contribution in [2.75, 3.05) is 6.61 Å². The first kappa shape index (κ1) is 39.1. The number of hydrogen-bond acceptors (Lipinski definition) is 2. The summed E-state index contributed by atoms with van der Waals surface area (Å²) < 4.78 is 5.09. The summed E-state index contributed by atoms with van der Waals surface area (Å²) in [5.74, 6) is 0. The van der Waals surface area contributed by atoms with E-state index in [0.717, 1.165) is 6.42 Å². The Hall–Kier alpha value is 2.56. The van der Waals surface area contributed by atoms with Crippen molar-refractivity contribution in [3.8, 4) is 0 Å². The van der Waals surface area contributed by atoms with Crippen LogP contribution in [0, 0.1) is 0 Å². The second-order valence-corrected chi connectivity index (χ2v) is 24.2. The molecule has 0 amide bonds. The number of ether oxygens (including phenoxy) is 1. The van der Waals surface area contributed by atoms with Crippen LogP contribution in [0.1, 0.15) is 135 Å².